The average Bonchev–Trinajstić information content (AvgIpc) is 2.94. The standard InChI is InChI=1S/C15H22N6/c1-19-13-14(12-18-19)4-2-7-20-8-10-21(11-9-20)15-16-5-3-6-17-15/h3,5-6,12-13H,2,4,7-11H2,1H3. The Kier molecular flexibility index (Phi) is 4.45. The highest BCUT2D eigenvalue weighted by molar-refractivity contribution is 5.29. The van der Waals surface area contributed by atoms with E-state index in [1.165, 1.54) is 12.0 Å². The van der Waals surface area contributed by atoms with Crippen molar-refractivity contribution in [2.45, 2.75) is 12.8 Å². The van der Waals surface area contributed by atoms with E-state index in [1.54, 1.807) is 0 Å². The molecule has 1 aliphatic heterocycles. The Morgan fingerprint density at radius 2 is 1.86 bits per heavy atom. The molecular weight excluding hydrogens is 264 g/mol. The SMILES string of the molecule is Cn1cc(CCCN2CCN(c3ncccn3)CC2)cn1. The maximum absolute atomic E-state index is 4.32. The second-order valence-electron chi connectivity index (χ2n) is 5.50. The minimum absolute atomic E-state index is 0.854. The van der Waals surface area contributed by atoms with Crippen LogP contribution in [0.15, 0.2) is 30.9 Å². The van der Waals surface area contributed by atoms with Crippen LogP contribution in [0.1, 0.15) is 12.0 Å². The molecule has 0 saturated carbocycles. The Morgan fingerprint density at radius 3 is 2.52 bits per heavy atom. The molecule has 6 nitrogen and oxygen atoms in total. The number of anilines is 1. The van der Waals surface area contributed by atoms with Gasteiger partial charge in [0.05, 0.1) is 6.20 Å². The van der Waals surface area contributed by atoms with Gasteiger partial charge in [-0.2, -0.15) is 5.10 Å². The van der Waals surface area contributed by atoms with E-state index in [4.69, 9.17) is 0 Å². The van der Waals surface area contributed by atoms with Crippen LogP contribution in [0.25, 0.3) is 0 Å². The lowest BCUT2D eigenvalue weighted by molar-refractivity contribution is 0.254. The number of nitrogens with zero attached hydrogens (tertiary/aromatic N) is 6. The summed E-state index contributed by atoms with van der Waals surface area (Å²) in [6, 6.07) is 1.86. The first-order valence-electron chi connectivity index (χ1n) is 7.53. The monoisotopic (exact) mass is 286 g/mol. The Hall–Kier alpha value is -1.95. The van der Waals surface area contributed by atoms with Crippen molar-refractivity contribution in [1.82, 2.24) is 24.6 Å². The zero-order chi connectivity index (χ0) is 14.5. The Morgan fingerprint density at radius 1 is 1.10 bits per heavy atom. The third-order valence-electron chi connectivity index (χ3n) is 3.91. The van der Waals surface area contributed by atoms with E-state index in [-0.39, 0.29) is 0 Å². The first kappa shape index (κ1) is 14.0. The van der Waals surface area contributed by atoms with Crippen LogP contribution in [-0.4, -0.2) is 57.4 Å². The summed E-state index contributed by atoms with van der Waals surface area (Å²) in [5.41, 5.74) is 1.33. The quantitative estimate of drug-likeness (QED) is 0.819. The Bertz CT molecular complexity index is 544. The summed E-state index contributed by atoms with van der Waals surface area (Å²) in [6.07, 6.45) is 9.98. The van der Waals surface area contributed by atoms with E-state index in [2.05, 4.69) is 31.1 Å². The van der Waals surface area contributed by atoms with E-state index in [9.17, 15) is 0 Å². The summed E-state index contributed by atoms with van der Waals surface area (Å²) in [7, 11) is 1.97. The van der Waals surface area contributed by atoms with Gasteiger partial charge in [-0.25, -0.2) is 9.97 Å². The van der Waals surface area contributed by atoms with Gasteiger partial charge < -0.3 is 4.90 Å². The third kappa shape index (κ3) is 3.78. The van der Waals surface area contributed by atoms with Crippen LogP contribution < -0.4 is 4.90 Å². The van der Waals surface area contributed by atoms with Gasteiger partial charge in [0.15, 0.2) is 0 Å². The van der Waals surface area contributed by atoms with Crippen molar-refractivity contribution in [3.05, 3.63) is 36.4 Å². The number of aryl methyl sites for hydroxylation is 2. The first-order valence-corrected chi connectivity index (χ1v) is 7.53. The summed E-state index contributed by atoms with van der Waals surface area (Å²) in [4.78, 5) is 13.4. The number of rotatable bonds is 5. The molecule has 0 bridgehead atoms. The summed E-state index contributed by atoms with van der Waals surface area (Å²) >= 11 is 0. The number of hydrogen-bond acceptors (Lipinski definition) is 5. The smallest absolute Gasteiger partial charge is 0.225 e. The van der Waals surface area contributed by atoms with Gasteiger partial charge in [-0.15, -0.1) is 0 Å². The van der Waals surface area contributed by atoms with Crippen LogP contribution in [0.4, 0.5) is 5.95 Å². The first-order chi connectivity index (χ1) is 10.3. The van der Waals surface area contributed by atoms with Crippen molar-refractivity contribution in [3.63, 3.8) is 0 Å². The molecule has 1 aliphatic rings. The van der Waals surface area contributed by atoms with Crippen LogP contribution in [-0.2, 0) is 13.5 Å². The van der Waals surface area contributed by atoms with Gasteiger partial charge in [-0.3, -0.25) is 9.58 Å². The highest BCUT2D eigenvalue weighted by Gasteiger charge is 2.18. The zero-order valence-electron chi connectivity index (χ0n) is 12.5. The van der Waals surface area contributed by atoms with Crippen LogP contribution in [0.5, 0.6) is 0 Å². The average molecular weight is 286 g/mol. The summed E-state index contributed by atoms with van der Waals surface area (Å²) < 4.78 is 1.87. The normalized spacial score (nSPS) is 16.3. The predicted molar refractivity (Wildman–Crippen MR) is 82.2 cm³/mol. The second kappa shape index (κ2) is 6.67. The molecule has 0 atom stereocenters. The van der Waals surface area contributed by atoms with E-state index >= 15 is 0 Å². The van der Waals surface area contributed by atoms with E-state index in [1.807, 2.05) is 36.4 Å². The molecule has 3 heterocycles. The third-order valence-corrected chi connectivity index (χ3v) is 3.91. The van der Waals surface area contributed by atoms with Crippen molar-refractivity contribution in [2.75, 3.05) is 37.6 Å². The van der Waals surface area contributed by atoms with Crippen molar-refractivity contribution in [2.24, 2.45) is 7.05 Å². The number of aromatic nitrogens is 4. The lowest BCUT2D eigenvalue weighted by atomic mass is 10.2. The van der Waals surface area contributed by atoms with Gasteiger partial charge in [0.2, 0.25) is 5.95 Å². The molecular formula is C15H22N6. The van der Waals surface area contributed by atoms with Gasteiger partial charge in [0, 0.05) is 51.8 Å². The maximum Gasteiger partial charge on any atom is 0.225 e. The van der Waals surface area contributed by atoms with E-state index in [0.29, 0.717) is 0 Å². The molecule has 112 valence electrons. The molecule has 0 N–H and O–H groups in total. The molecule has 2 aromatic heterocycles. The molecule has 6 heteroatoms. The van der Waals surface area contributed by atoms with Crippen molar-refractivity contribution in [1.29, 1.82) is 0 Å². The molecule has 0 spiro atoms. The summed E-state index contributed by atoms with van der Waals surface area (Å²) in [5, 5.41) is 4.21. The fourth-order valence-electron chi connectivity index (χ4n) is 2.73. The van der Waals surface area contributed by atoms with Crippen molar-refractivity contribution >= 4 is 5.95 Å². The fraction of sp³-hybridized carbons (Fsp3) is 0.533. The summed E-state index contributed by atoms with van der Waals surface area (Å²) in [5.74, 6) is 0.854. The van der Waals surface area contributed by atoms with Gasteiger partial charge in [0.25, 0.3) is 0 Å². The van der Waals surface area contributed by atoms with Crippen LogP contribution >= 0.6 is 0 Å². The van der Waals surface area contributed by atoms with Crippen molar-refractivity contribution in [3.8, 4) is 0 Å². The van der Waals surface area contributed by atoms with Gasteiger partial charge in [-0.05, 0) is 31.0 Å². The molecule has 2 aromatic rings. The second-order valence-corrected chi connectivity index (χ2v) is 5.50. The van der Waals surface area contributed by atoms with E-state index in [0.717, 1.165) is 45.1 Å². The predicted octanol–water partition coefficient (Wildman–Crippen LogP) is 0.965. The van der Waals surface area contributed by atoms with Crippen LogP contribution in [0, 0.1) is 0 Å². The van der Waals surface area contributed by atoms with Crippen LogP contribution in [0.3, 0.4) is 0 Å². The highest BCUT2D eigenvalue weighted by atomic mass is 15.3. The maximum atomic E-state index is 4.32. The molecule has 3 rings (SSSR count). The van der Waals surface area contributed by atoms with E-state index < -0.39 is 0 Å². The molecule has 0 aromatic carbocycles. The summed E-state index contributed by atoms with van der Waals surface area (Å²) in [6.45, 7) is 5.35. The van der Waals surface area contributed by atoms with Crippen LogP contribution in [0.2, 0.25) is 0 Å². The lowest BCUT2D eigenvalue weighted by Gasteiger charge is -2.34. The van der Waals surface area contributed by atoms with Crippen molar-refractivity contribution < 1.29 is 0 Å². The molecule has 0 radical (unpaired) electrons. The Balaban J connectivity index is 1.40. The largest absolute Gasteiger partial charge is 0.338 e. The Labute approximate surface area is 125 Å². The molecule has 1 saturated heterocycles. The molecule has 0 unspecified atom stereocenters. The molecule has 0 amide bonds. The van der Waals surface area contributed by atoms with Gasteiger partial charge in [0.1, 0.15) is 0 Å². The number of hydrogen-bond donors (Lipinski definition) is 0. The lowest BCUT2D eigenvalue weighted by Crippen LogP contribution is -2.47. The molecule has 0 aliphatic carbocycles. The van der Waals surface area contributed by atoms with Gasteiger partial charge in [-0.1, -0.05) is 0 Å². The molecule has 21 heavy (non-hydrogen) atoms. The zero-order valence-corrected chi connectivity index (χ0v) is 12.5. The number of piperazine rings is 1. The van der Waals surface area contributed by atoms with Gasteiger partial charge >= 0.3 is 0 Å². The molecule has 1 fully saturated rings. The minimum atomic E-state index is 0.854. The highest BCUT2D eigenvalue weighted by Crippen LogP contribution is 2.10. The topological polar surface area (TPSA) is 50.1 Å². The minimum Gasteiger partial charge on any atom is -0.338 e. The fourth-order valence-corrected chi connectivity index (χ4v) is 2.73.